The molecule has 0 spiro atoms. The SMILES string of the molecule is Cc1ccccc1-n1cc(C=C2C(=O)NC(=O)N(CCC3=CCCCC3)C2=O)cn1. The minimum Gasteiger partial charge on any atom is -0.273 e. The van der Waals surface area contributed by atoms with Crippen molar-refractivity contribution in [2.24, 2.45) is 0 Å². The Hall–Kier alpha value is -3.48. The highest BCUT2D eigenvalue weighted by Gasteiger charge is 2.35. The number of rotatable bonds is 5. The zero-order valence-corrected chi connectivity index (χ0v) is 16.9. The van der Waals surface area contributed by atoms with E-state index in [1.807, 2.05) is 31.2 Å². The highest BCUT2D eigenvalue weighted by molar-refractivity contribution is 6.31. The zero-order valence-electron chi connectivity index (χ0n) is 16.9. The Balaban J connectivity index is 1.54. The number of imide groups is 2. The Morgan fingerprint density at radius 3 is 2.77 bits per heavy atom. The molecule has 0 radical (unpaired) electrons. The van der Waals surface area contributed by atoms with Crippen LogP contribution in [0.3, 0.4) is 0 Å². The van der Waals surface area contributed by atoms with Crippen LogP contribution in [0.5, 0.6) is 0 Å². The number of aromatic nitrogens is 2. The number of benzene rings is 1. The van der Waals surface area contributed by atoms with Crippen LogP contribution in [-0.4, -0.2) is 39.1 Å². The van der Waals surface area contributed by atoms with E-state index in [4.69, 9.17) is 0 Å². The van der Waals surface area contributed by atoms with Gasteiger partial charge in [0.05, 0.1) is 11.9 Å². The van der Waals surface area contributed by atoms with Crippen molar-refractivity contribution in [3.63, 3.8) is 0 Å². The molecule has 0 atom stereocenters. The van der Waals surface area contributed by atoms with Crippen molar-refractivity contribution in [1.29, 1.82) is 0 Å². The molecular weight excluding hydrogens is 380 g/mol. The number of barbiturate groups is 1. The first-order valence-corrected chi connectivity index (χ1v) is 10.2. The lowest BCUT2D eigenvalue weighted by Gasteiger charge is -2.27. The van der Waals surface area contributed by atoms with E-state index in [0.29, 0.717) is 12.0 Å². The standard InChI is InChI=1S/C23H24N4O3/c1-16-7-5-6-10-20(16)27-15-18(14-24-27)13-19-21(28)25-23(30)26(22(19)29)12-11-17-8-3-2-4-9-17/h5-8,10,13-15H,2-4,9,11-12H2,1H3,(H,25,28,30). The van der Waals surface area contributed by atoms with Crippen molar-refractivity contribution in [1.82, 2.24) is 20.0 Å². The minimum atomic E-state index is -0.679. The van der Waals surface area contributed by atoms with Crippen molar-refractivity contribution in [2.75, 3.05) is 6.54 Å². The van der Waals surface area contributed by atoms with Crippen LogP contribution in [0.15, 0.2) is 53.9 Å². The second kappa shape index (κ2) is 8.49. The van der Waals surface area contributed by atoms with Crippen molar-refractivity contribution in [3.8, 4) is 5.69 Å². The molecule has 154 valence electrons. The molecule has 1 fully saturated rings. The van der Waals surface area contributed by atoms with Crippen LogP contribution in [0.4, 0.5) is 4.79 Å². The molecule has 1 aliphatic carbocycles. The maximum absolute atomic E-state index is 12.9. The largest absolute Gasteiger partial charge is 0.331 e. The van der Waals surface area contributed by atoms with Crippen LogP contribution in [0.2, 0.25) is 0 Å². The molecule has 1 aliphatic heterocycles. The van der Waals surface area contributed by atoms with Gasteiger partial charge < -0.3 is 0 Å². The van der Waals surface area contributed by atoms with Gasteiger partial charge in [-0.05, 0) is 56.7 Å². The van der Waals surface area contributed by atoms with Gasteiger partial charge in [-0.25, -0.2) is 9.48 Å². The number of hydrogen-bond acceptors (Lipinski definition) is 4. The normalized spacial score (nSPS) is 18.6. The third-order valence-electron chi connectivity index (χ3n) is 5.50. The number of para-hydroxylation sites is 1. The number of nitrogens with zero attached hydrogens (tertiary/aromatic N) is 3. The van der Waals surface area contributed by atoms with Crippen molar-refractivity contribution in [2.45, 2.75) is 39.0 Å². The molecule has 2 heterocycles. The van der Waals surface area contributed by atoms with Crippen molar-refractivity contribution >= 4 is 23.9 Å². The maximum atomic E-state index is 12.9. The van der Waals surface area contributed by atoms with Crippen molar-refractivity contribution < 1.29 is 14.4 Å². The van der Waals surface area contributed by atoms with Crippen LogP contribution >= 0.6 is 0 Å². The molecule has 0 bridgehead atoms. The molecule has 1 N–H and O–H groups in total. The van der Waals surface area contributed by atoms with Gasteiger partial charge in [0.25, 0.3) is 11.8 Å². The first-order chi connectivity index (χ1) is 14.5. The van der Waals surface area contributed by atoms with E-state index >= 15 is 0 Å². The van der Waals surface area contributed by atoms with Gasteiger partial charge in [0.2, 0.25) is 0 Å². The molecule has 0 unspecified atom stereocenters. The third kappa shape index (κ3) is 4.10. The van der Waals surface area contributed by atoms with E-state index in [2.05, 4.69) is 16.5 Å². The van der Waals surface area contributed by atoms with E-state index in [0.717, 1.165) is 35.4 Å². The van der Waals surface area contributed by atoms with Crippen LogP contribution in [0.1, 0.15) is 43.2 Å². The average Bonchev–Trinajstić information content (AvgIpc) is 3.20. The minimum absolute atomic E-state index is 0.0587. The van der Waals surface area contributed by atoms with E-state index in [1.54, 1.807) is 17.1 Å². The molecule has 2 aromatic rings. The summed E-state index contributed by atoms with van der Waals surface area (Å²) >= 11 is 0. The molecule has 2 aliphatic rings. The first kappa shape index (κ1) is 19.8. The summed E-state index contributed by atoms with van der Waals surface area (Å²) in [6, 6.07) is 7.14. The molecule has 7 heteroatoms. The Morgan fingerprint density at radius 1 is 1.17 bits per heavy atom. The first-order valence-electron chi connectivity index (χ1n) is 10.2. The number of hydrogen-bond donors (Lipinski definition) is 1. The van der Waals surface area contributed by atoms with Gasteiger partial charge >= 0.3 is 6.03 Å². The van der Waals surface area contributed by atoms with Crippen molar-refractivity contribution in [3.05, 3.63) is 65.0 Å². The maximum Gasteiger partial charge on any atom is 0.331 e. The number of carbonyl (C=O) groups is 3. The molecule has 7 nitrogen and oxygen atoms in total. The summed E-state index contributed by atoms with van der Waals surface area (Å²) in [6.07, 6.45) is 12.0. The van der Waals surface area contributed by atoms with Gasteiger partial charge in [-0.15, -0.1) is 0 Å². The molecule has 1 saturated heterocycles. The number of amides is 4. The monoisotopic (exact) mass is 404 g/mol. The lowest BCUT2D eigenvalue weighted by Crippen LogP contribution is -2.54. The predicted octanol–water partition coefficient (Wildman–Crippen LogP) is 3.53. The lowest BCUT2D eigenvalue weighted by molar-refractivity contribution is -0.130. The van der Waals surface area contributed by atoms with Crippen LogP contribution < -0.4 is 5.32 Å². The van der Waals surface area contributed by atoms with E-state index in [9.17, 15) is 14.4 Å². The van der Waals surface area contributed by atoms with E-state index in [1.165, 1.54) is 18.1 Å². The zero-order chi connectivity index (χ0) is 21.1. The smallest absolute Gasteiger partial charge is 0.273 e. The topological polar surface area (TPSA) is 84.3 Å². The van der Waals surface area contributed by atoms with Crippen LogP contribution in [-0.2, 0) is 9.59 Å². The fourth-order valence-corrected chi connectivity index (χ4v) is 3.81. The molecule has 4 amide bonds. The molecule has 30 heavy (non-hydrogen) atoms. The summed E-state index contributed by atoms with van der Waals surface area (Å²) in [5.74, 6) is -1.24. The van der Waals surface area contributed by atoms with E-state index in [-0.39, 0.29) is 12.1 Å². The summed E-state index contributed by atoms with van der Waals surface area (Å²) < 4.78 is 1.70. The lowest BCUT2D eigenvalue weighted by atomic mass is 9.97. The Bertz CT molecular complexity index is 1060. The molecule has 4 rings (SSSR count). The molecule has 1 aromatic heterocycles. The fraction of sp³-hybridized carbons (Fsp3) is 0.304. The van der Waals surface area contributed by atoms with E-state index < -0.39 is 17.8 Å². The third-order valence-corrected chi connectivity index (χ3v) is 5.50. The van der Waals surface area contributed by atoms with Crippen LogP contribution in [0, 0.1) is 6.92 Å². The Kier molecular flexibility index (Phi) is 5.61. The van der Waals surface area contributed by atoms with Gasteiger partial charge in [-0.3, -0.25) is 19.8 Å². The number of aryl methyl sites for hydroxylation is 1. The fourth-order valence-electron chi connectivity index (χ4n) is 3.81. The number of nitrogens with one attached hydrogen (secondary N) is 1. The summed E-state index contributed by atoms with van der Waals surface area (Å²) in [5.41, 5.74) is 3.79. The average molecular weight is 404 g/mol. The molecule has 1 aromatic carbocycles. The van der Waals surface area contributed by atoms with Gasteiger partial charge in [0.15, 0.2) is 0 Å². The highest BCUT2D eigenvalue weighted by Crippen LogP contribution is 2.22. The second-order valence-corrected chi connectivity index (χ2v) is 7.64. The highest BCUT2D eigenvalue weighted by atomic mass is 16.2. The molecular formula is C23H24N4O3. The number of urea groups is 1. The second-order valence-electron chi connectivity index (χ2n) is 7.64. The number of carbonyl (C=O) groups excluding carboxylic acids is 3. The van der Waals surface area contributed by atoms with Gasteiger partial charge in [-0.1, -0.05) is 29.8 Å². The quantitative estimate of drug-likeness (QED) is 0.469. The van der Waals surface area contributed by atoms with Crippen LogP contribution in [0.25, 0.3) is 11.8 Å². The summed E-state index contributed by atoms with van der Waals surface area (Å²) in [5, 5.41) is 6.61. The summed E-state index contributed by atoms with van der Waals surface area (Å²) in [4.78, 5) is 38.5. The predicted molar refractivity (Wildman–Crippen MR) is 113 cm³/mol. The number of allylic oxidation sites excluding steroid dienone is 1. The Labute approximate surface area is 175 Å². The Morgan fingerprint density at radius 2 is 2.00 bits per heavy atom. The van der Waals surface area contributed by atoms with Gasteiger partial charge in [0.1, 0.15) is 5.57 Å². The van der Waals surface area contributed by atoms with Gasteiger partial charge in [0, 0.05) is 18.3 Å². The summed E-state index contributed by atoms with van der Waals surface area (Å²) in [6.45, 7) is 2.25. The summed E-state index contributed by atoms with van der Waals surface area (Å²) in [7, 11) is 0. The molecule has 0 saturated carbocycles. The van der Waals surface area contributed by atoms with Gasteiger partial charge in [-0.2, -0.15) is 5.10 Å².